The molecule has 0 amide bonds. The minimum Gasteiger partial charge on any atom is -0.504 e. The molecular formula is C20H14O7. The summed E-state index contributed by atoms with van der Waals surface area (Å²) in [6.07, 6.45) is -0.791. The molecule has 0 bridgehead atoms. The Morgan fingerprint density at radius 3 is 2.37 bits per heavy atom. The molecule has 2 aliphatic rings. The molecule has 1 heterocycles. The van der Waals surface area contributed by atoms with E-state index in [1.165, 1.54) is 13.2 Å². The SMILES string of the molecule is COC(=O)c1cc(O)c(O)cc1[C@@H]1CC2=C(O1)C(=O)c1ccccc1C2=O. The maximum atomic E-state index is 12.7. The van der Waals surface area contributed by atoms with Gasteiger partial charge in [0.2, 0.25) is 5.78 Å². The Morgan fingerprint density at radius 1 is 1.07 bits per heavy atom. The van der Waals surface area contributed by atoms with Gasteiger partial charge >= 0.3 is 5.97 Å². The number of ketones is 2. The van der Waals surface area contributed by atoms with Gasteiger partial charge in [0.1, 0.15) is 6.10 Å². The van der Waals surface area contributed by atoms with E-state index in [2.05, 4.69) is 0 Å². The van der Waals surface area contributed by atoms with E-state index >= 15 is 0 Å². The number of benzene rings is 2. The molecule has 1 aliphatic carbocycles. The molecule has 136 valence electrons. The molecular weight excluding hydrogens is 352 g/mol. The smallest absolute Gasteiger partial charge is 0.338 e. The Balaban J connectivity index is 1.76. The molecule has 2 aromatic rings. The van der Waals surface area contributed by atoms with Crippen LogP contribution in [0.5, 0.6) is 11.5 Å². The molecule has 0 saturated heterocycles. The maximum absolute atomic E-state index is 12.7. The van der Waals surface area contributed by atoms with Crippen molar-refractivity contribution in [2.45, 2.75) is 12.5 Å². The highest BCUT2D eigenvalue weighted by molar-refractivity contribution is 6.26. The van der Waals surface area contributed by atoms with Crippen LogP contribution in [0.15, 0.2) is 47.7 Å². The number of hydrogen-bond donors (Lipinski definition) is 2. The first-order chi connectivity index (χ1) is 12.9. The zero-order valence-corrected chi connectivity index (χ0v) is 14.2. The number of hydrogen-bond acceptors (Lipinski definition) is 7. The molecule has 0 fully saturated rings. The number of aromatic hydroxyl groups is 2. The van der Waals surface area contributed by atoms with E-state index < -0.39 is 29.4 Å². The van der Waals surface area contributed by atoms with Gasteiger partial charge in [-0.2, -0.15) is 0 Å². The number of carbonyl (C=O) groups excluding carboxylic acids is 3. The van der Waals surface area contributed by atoms with Crippen molar-refractivity contribution in [1.29, 1.82) is 0 Å². The lowest BCUT2D eigenvalue weighted by Crippen LogP contribution is -2.19. The normalized spacial score (nSPS) is 18.0. The van der Waals surface area contributed by atoms with Crippen molar-refractivity contribution in [2.75, 3.05) is 7.11 Å². The average molecular weight is 366 g/mol. The molecule has 7 heteroatoms. The lowest BCUT2D eigenvalue weighted by Gasteiger charge is -2.17. The predicted molar refractivity (Wildman–Crippen MR) is 91.7 cm³/mol. The first-order valence-corrected chi connectivity index (χ1v) is 8.14. The average Bonchev–Trinajstić information content (AvgIpc) is 3.13. The topological polar surface area (TPSA) is 110 Å². The van der Waals surface area contributed by atoms with Crippen molar-refractivity contribution in [2.24, 2.45) is 0 Å². The van der Waals surface area contributed by atoms with E-state index in [1.54, 1.807) is 24.3 Å². The van der Waals surface area contributed by atoms with E-state index in [0.29, 0.717) is 5.56 Å². The highest BCUT2D eigenvalue weighted by atomic mass is 16.5. The third kappa shape index (κ3) is 2.47. The number of phenolic OH excluding ortho intramolecular Hbond substituents is 2. The zero-order chi connectivity index (χ0) is 19.3. The highest BCUT2D eigenvalue weighted by Crippen LogP contribution is 2.44. The summed E-state index contributed by atoms with van der Waals surface area (Å²) in [5, 5.41) is 19.5. The van der Waals surface area contributed by atoms with Gasteiger partial charge in [-0.05, 0) is 12.1 Å². The zero-order valence-electron chi connectivity index (χ0n) is 14.2. The summed E-state index contributed by atoms with van der Waals surface area (Å²) < 4.78 is 10.4. The van der Waals surface area contributed by atoms with Crippen molar-refractivity contribution in [3.63, 3.8) is 0 Å². The first-order valence-electron chi connectivity index (χ1n) is 8.14. The summed E-state index contributed by atoms with van der Waals surface area (Å²) in [6, 6.07) is 8.72. The number of carbonyl (C=O) groups is 3. The van der Waals surface area contributed by atoms with E-state index in [-0.39, 0.29) is 40.2 Å². The Hall–Kier alpha value is -3.61. The van der Waals surface area contributed by atoms with Crippen LogP contribution in [0.25, 0.3) is 0 Å². The summed E-state index contributed by atoms with van der Waals surface area (Å²) in [6.45, 7) is 0. The van der Waals surface area contributed by atoms with Gasteiger partial charge in [0.25, 0.3) is 0 Å². The number of Topliss-reactive ketones (excluding diaryl/α,β-unsaturated/α-hetero) is 2. The maximum Gasteiger partial charge on any atom is 0.338 e. The van der Waals surface area contributed by atoms with Crippen LogP contribution in [-0.2, 0) is 9.47 Å². The van der Waals surface area contributed by atoms with Crippen LogP contribution in [0.2, 0.25) is 0 Å². The highest BCUT2D eigenvalue weighted by Gasteiger charge is 2.41. The molecule has 2 N–H and O–H groups in total. The molecule has 0 spiro atoms. The van der Waals surface area contributed by atoms with Gasteiger partial charge in [0.05, 0.1) is 18.2 Å². The summed E-state index contributed by atoms with van der Waals surface area (Å²) in [7, 11) is 1.18. The lowest BCUT2D eigenvalue weighted by atomic mass is 9.86. The second-order valence-electron chi connectivity index (χ2n) is 6.24. The number of methoxy groups -OCH3 is 1. The van der Waals surface area contributed by atoms with Crippen molar-refractivity contribution in [3.8, 4) is 11.5 Å². The van der Waals surface area contributed by atoms with Crippen molar-refractivity contribution < 1.29 is 34.1 Å². The molecule has 27 heavy (non-hydrogen) atoms. The van der Waals surface area contributed by atoms with Gasteiger partial charge in [-0.25, -0.2) is 4.79 Å². The fourth-order valence-electron chi connectivity index (χ4n) is 3.40. The quantitative estimate of drug-likeness (QED) is 0.621. The molecule has 0 aromatic heterocycles. The van der Waals surface area contributed by atoms with Gasteiger partial charge in [0, 0.05) is 23.1 Å². The van der Waals surface area contributed by atoms with Gasteiger partial charge in [-0.3, -0.25) is 9.59 Å². The number of esters is 1. The number of allylic oxidation sites excluding steroid dienone is 1. The molecule has 7 nitrogen and oxygen atoms in total. The van der Waals surface area contributed by atoms with Crippen LogP contribution in [0, 0.1) is 0 Å². The Bertz CT molecular complexity index is 1000. The molecule has 1 atom stereocenters. The number of rotatable bonds is 2. The first kappa shape index (κ1) is 16.8. The fraction of sp³-hybridized carbons (Fsp3) is 0.150. The molecule has 2 aromatic carbocycles. The van der Waals surface area contributed by atoms with Crippen LogP contribution in [0.4, 0.5) is 0 Å². The second kappa shape index (κ2) is 5.98. The van der Waals surface area contributed by atoms with E-state index in [9.17, 15) is 24.6 Å². The van der Waals surface area contributed by atoms with Gasteiger partial charge in [-0.15, -0.1) is 0 Å². The van der Waals surface area contributed by atoms with Crippen LogP contribution < -0.4 is 0 Å². The molecule has 0 saturated carbocycles. The van der Waals surface area contributed by atoms with E-state index in [1.807, 2.05) is 0 Å². The Labute approximate surface area is 153 Å². The van der Waals surface area contributed by atoms with Crippen LogP contribution in [0.1, 0.15) is 49.2 Å². The van der Waals surface area contributed by atoms with Crippen molar-refractivity contribution >= 4 is 17.5 Å². The molecule has 1 aliphatic heterocycles. The largest absolute Gasteiger partial charge is 0.504 e. The summed E-state index contributed by atoms with van der Waals surface area (Å²) >= 11 is 0. The third-order valence-corrected chi connectivity index (χ3v) is 4.72. The van der Waals surface area contributed by atoms with Crippen molar-refractivity contribution in [1.82, 2.24) is 0 Å². The standard InChI is InChI=1S/C20H14O7/c1-26-20(25)12-7-15(22)14(21)6-11(12)16-8-13-17(23)9-4-2-3-5-10(9)18(24)19(13)27-16/h2-7,16,21-22H,8H2,1H3/t16-/m0/s1. The fourth-order valence-corrected chi connectivity index (χ4v) is 3.40. The number of fused-ring (bicyclic) bond motifs is 1. The van der Waals surface area contributed by atoms with E-state index in [4.69, 9.17) is 9.47 Å². The molecule has 4 rings (SSSR count). The molecule has 0 radical (unpaired) electrons. The van der Waals surface area contributed by atoms with Crippen LogP contribution >= 0.6 is 0 Å². The third-order valence-electron chi connectivity index (χ3n) is 4.72. The van der Waals surface area contributed by atoms with Crippen molar-refractivity contribution in [3.05, 3.63) is 70.0 Å². The van der Waals surface area contributed by atoms with Crippen LogP contribution in [-0.4, -0.2) is 34.9 Å². The van der Waals surface area contributed by atoms with Gasteiger partial charge < -0.3 is 19.7 Å². The minimum absolute atomic E-state index is 0.0185. The summed E-state index contributed by atoms with van der Waals surface area (Å²) in [5.74, 6) is -2.43. The Morgan fingerprint density at radius 2 is 1.70 bits per heavy atom. The summed E-state index contributed by atoms with van der Waals surface area (Å²) in [4.78, 5) is 37.5. The monoisotopic (exact) mass is 366 g/mol. The summed E-state index contributed by atoms with van der Waals surface area (Å²) in [5.41, 5.74) is 1.01. The van der Waals surface area contributed by atoms with Gasteiger partial charge in [0.15, 0.2) is 23.0 Å². The molecule has 0 unspecified atom stereocenters. The number of phenols is 2. The van der Waals surface area contributed by atoms with Gasteiger partial charge in [-0.1, -0.05) is 24.3 Å². The van der Waals surface area contributed by atoms with Crippen LogP contribution in [0.3, 0.4) is 0 Å². The lowest BCUT2D eigenvalue weighted by molar-refractivity contribution is 0.0590. The minimum atomic E-state index is -0.849. The Kier molecular flexibility index (Phi) is 3.73. The number of ether oxygens (including phenoxy) is 2. The van der Waals surface area contributed by atoms with E-state index in [0.717, 1.165) is 6.07 Å². The predicted octanol–water partition coefficient (Wildman–Crippen LogP) is 2.68. The second-order valence-corrected chi connectivity index (χ2v) is 6.24.